The second kappa shape index (κ2) is 8.43. The van der Waals surface area contributed by atoms with Gasteiger partial charge in [-0.2, -0.15) is 0 Å². The Morgan fingerprint density at radius 2 is 1.75 bits per heavy atom. The zero-order chi connectivity index (χ0) is 23.0. The van der Waals surface area contributed by atoms with E-state index in [1.807, 2.05) is 52.0 Å². The number of nitrogens with one attached hydrogen (secondary N) is 2. The fraction of sp³-hybridized carbons (Fsp3) is 0.160. The first-order valence-corrected chi connectivity index (χ1v) is 10.5. The van der Waals surface area contributed by atoms with E-state index >= 15 is 0 Å². The van der Waals surface area contributed by atoms with Gasteiger partial charge in [-0.25, -0.2) is 4.98 Å². The molecular weight excluding hydrogens is 422 g/mol. The minimum atomic E-state index is -0.302. The zero-order valence-corrected chi connectivity index (χ0v) is 19.1. The normalized spacial score (nSPS) is 10.9. The number of aromatic hydroxyl groups is 1. The standard InChI is InChI=1S/C25H23N3O3S/c1-13-9-16(4)22-20(10-13)27-24(31-22)19-8-7-18(12-21(19)29)26-25(32)28-23(30)17-6-5-14(2)15(3)11-17/h5-12,29H,1-4H3,(H2,26,28,30,32). The fourth-order valence-corrected chi connectivity index (χ4v) is 3.71. The van der Waals surface area contributed by atoms with Crippen LogP contribution in [0.5, 0.6) is 5.75 Å². The van der Waals surface area contributed by atoms with E-state index in [2.05, 4.69) is 15.6 Å². The number of nitrogens with zero attached hydrogens (tertiary/aromatic N) is 1. The number of anilines is 1. The maximum absolute atomic E-state index is 12.4. The molecule has 0 saturated carbocycles. The number of phenolic OH excluding ortho intramolecular Hbond substituents is 1. The van der Waals surface area contributed by atoms with Crippen LogP contribution in [0.15, 0.2) is 52.9 Å². The minimum Gasteiger partial charge on any atom is -0.507 e. The van der Waals surface area contributed by atoms with Gasteiger partial charge in [0.05, 0.1) is 5.56 Å². The minimum absolute atomic E-state index is 0.0146. The Morgan fingerprint density at radius 3 is 2.47 bits per heavy atom. The largest absolute Gasteiger partial charge is 0.507 e. The van der Waals surface area contributed by atoms with Gasteiger partial charge in [0.2, 0.25) is 5.89 Å². The first kappa shape index (κ1) is 21.5. The van der Waals surface area contributed by atoms with Crippen molar-refractivity contribution in [1.29, 1.82) is 0 Å². The smallest absolute Gasteiger partial charge is 0.257 e. The van der Waals surface area contributed by atoms with E-state index in [-0.39, 0.29) is 16.8 Å². The van der Waals surface area contributed by atoms with Crippen molar-refractivity contribution in [2.24, 2.45) is 0 Å². The lowest BCUT2D eigenvalue weighted by Crippen LogP contribution is -2.34. The van der Waals surface area contributed by atoms with E-state index in [4.69, 9.17) is 16.6 Å². The molecule has 0 radical (unpaired) electrons. The molecule has 0 bridgehead atoms. The molecule has 0 aliphatic heterocycles. The molecule has 0 unspecified atom stereocenters. The van der Waals surface area contributed by atoms with Crippen molar-refractivity contribution < 1.29 is 14.3 Å². The highest BCUT2D eigenvalue weighted by Crippen LogP contribution is 2.34. The van der Waals surface area contributed by atoms with Gasteiger partial charge >= 0.3 is 0 Å². The second-order valence-electron chi connectivity index (χ2n) is 7.89. The van der Waals surface area contributed by atoms with Crippen molar-refractivity contribution in [1.82, 2.24) is 10.3 Å². The first-order valence-electron chi connectivity index (χ1n) is 10.1. The van der Waals surface area contributed by atoms with E-state index < -0.39 is 0 Å². The maximum atomic E-state index is 12.4. The Hall–Kier alpha value is -3.71. The number of benzene rings is 3. The molecule has 32 heavy (non-hydrogen) atoms. The molecule has 0 fully saturated rings. The van der Waals surface area contributed by atoms with Crippen molar-refractivity contribution in [2.45, 2.75) is 27.7 Å². The second-order valence-corrected chi connectivity index (χ2v) is 8.30. The van der Waals surface area contributed by atoms with Crippen molar-refractivity contribution in [2.75, 3.05) is 5.32 Å². The van der Waals surface area contributed by atoms with Gasteiger partial charge in [0, 0.05) is 17.3 Å². The summed E-state index contributed by atoms with van der Waals surface area (Å²) in [7, 11) is 0. The fourth-order valence-electron chi connectivity index (χ4n) is 3.50. The number of hydrogen-bond acceptors (Lipinski definition) is 5. The maximum Gasteiger partial charge on any atom is 0.257 e. The van der Waals surface area contributed by atoms with Gasteiger partial charge in [0.1, 0.15) is 11.3 Å². The highest BCUT2D eigenvalue weighted by atomic mass is 32.1. The molecule has 0 aliphatic rings. The topological polar surface area (TPSA) is 87.4 Å². The number of thiocarbonyl (C=S) groups is 1. The number of hydrogen-bond donors (Lipinski definition) is 3. The van der Waals surface area contributed by atoms with Gasteiger partial charge in [-0.1, -0.05) is 12.1 Å². The molecule has 0 atom stereocenters. The predicted molar refractivity (Wildman–Crippen MR) is 130 cm³/mol. The van der Waals surface area contributed by atoms with E-state index in [0.717, 1.165) is 27.8 Å². The average Bonchev–Trinajstić information content (AvgIpc) is 3.14. The van der Waals surface area contributed by atoms with Crippen LogP contribution in [0.25, 0.3) is 22.6 Å². The third-order valence-electron chi connectivity index (χ3n) is 5.30. The molecule has 1 heterocycles. The van der Waals surface area contributed by atoms with Crippen LogP contribution in [0.4, 0.5) is 5.69 Å². The Balaban J connectivity index is 1.49. The third-order valence-corrected chi connectivity index (χ3v) is 5.51. The number of phenols is 1. The molecule has 3 aromatic carbocycles. The van der Waals surface area contributed by atoms with Gasteiger partial charge in [0.25, 0.3) is 5.91 Å². The van der Waals surface area contributed by atoms with Crippen LogP contribution < -0.4 is 10.6 Å². The molecule has 162 valence electrons. The summed E-state index contributed by atoms with van der Waals surface area (Å²) in [5.41, 5.74) is 7.18. The average molecular weight is 446 g/mol. The molecule has 3 N–H and O–H groups in total. The van der Waals surface area contributed by atoms with Gasteiger partial charge < -0.3 is 14.8 Å². The van der Waals surface area contributed by atoms with E-state index in [9.17, 15) is 9.90 Å². The monoisotopic (exact) mass is 445 g/mol. The lowest BCUT2D eigenvalue weighted by molar-refractivity contribution is 0.0977. The number of aromatic nitrogens is 1. The van der Waals surface area contributed by atoms with Crippen molar-refractivity contribution >= 4 is 40.0 Å². The molecule has 0 saturated heterocycles. The van der Waals surface area contributed by atoms with Crippen LogP contribution in [0.1, 0.15) is 32.6 Å². The lowest BCUT2D eigenvalue weighted by Gasteiger charge is -2.11. The number of oxazole rings is 1. The van der Waals surface area contributed by atoms with Crippen molar-refractivity contribution in [3.05, 3.63) is 76.3 Å². The Bertz CT molecular complexity index is 1370. The molecule has 1 amide bonds. The van der Waals surface area contributed by atoms with Crippen molar-refractivity contribution in [3.8, 4) is 17.2 Å². The Morgan fingerprint density at radius 1 is 0.969 bits per heavy atom. The van der Waals surface area contributed by atoms with Crippen LogP contribution in [0, 0.1) is 27.7 Å². The number of fused-ring (bicyclic) bond motifs is 1. The van der Waals surface area contributed by atoms with Crippen molar-refractivity contribution in [3.63, 3.8) is 0 Å². The highest BCUT2D eigenvalue weighted by molar-refractivity contribution is 7.80. The Kier molecular flexibility index (Phi) is 5.67. The number of carbonyl (C=O) groups is 1. The van der Waals surface area contributed by atoms with E-state index in [1.54, 1.807) is 18.2 Å². The highest BCUT2D eigenvalue weighted by Gasteiger charge is 2.15. The Labute approximate surface area is 191 Å². The summed E-state index contributed by atoms with van der Waals surface area (Å²) >= 11 is 5.26. The summed E-state index contributed by atoms with van der Waals surface area (Å²) in [4.78, 5) is 17.0. The summed E-state index contributed by atoms with van der Waals surface area (Å²) < 4.78 is 5.89. The van der Waals surface area contributed by atoms with Crippen LogP contribution in [-0.4, -0.2) is 21.1 Å². The van der Waals surface area contributed by atoms with Crippen LogP contribution >= 0.6 is 12.2 Å². The molecule has 0 spiro atoms. The predicted octanol–water partition coefficient (Wildman–Crippen LogP) is 5.56. The SMILES string of the molecule is Cc1cc(C)c2oc(-c3ccc(NC(=S)NC(=O)c4ccc(C)c(C)c4)cc3O)nc2c1. The number of amides is 1. The van der Waals surface area contributed by atoms with E-state index in [0.29, 0.717) is 28.3 Å². The lowest BCUT2D eigenvalue weighted by atomic mass is 10.1. The molecule has 0 aliphatic carbocycles. The summed E-state index contributed by atoms with van der Waals surface area (Å²) in [6.45, 7) is 7.90. The quantitative estimate of drug-likeness (QED) is 0.358. The van der Waals surface area contributed by atoms with Crippen LogP contribution in [-0.2, 0) is 0 Å². The van der Waals surface area contributed by atoms with Gasteiger partial charge in [0.15, 0.2) is 10.7 Å². The summed E-state index contributed by atoms with van der Waals surface area (Å²) in [5, 5.41) is 16.3. The zero-order valence-electron chi connectivity index (χ0n) is 18.2. The van der Waals surface area contributed by atoms with Gasteiger partial charge in [-0.05, 0) is 92.5 Å². The molecule has 6 nitrogen and oxygen atoms in total. The first-order chi connectivity index (χ1) is 15.2. The molecule has 4 aromatic rings. The van der Waals surface area contributed by atoms with Gasteiger partial charge in [-0.3, -0.25) is 10.1 Å². The number of rotatable bonds is 3. The number of aryl methyl sites for hydroxylation is 4. The summed E-state index contributed by atoms with van der Waals surface area (Å²) in [6, 6.07) is 14.4. The molecule has 1 aromatic heterocycles. The summed E-state index contributed by atoms with van der Waals surface area (Å²) in [6.07, 6.45) is 0. The van der Waals surface area contributed by atoms with Gasteiger partial charge in [-0.15, -0.1) is 0 Å². The number of carbonyl (C=O) groups excluding carboxylic acids is 1. The summed E-state index contributed by atoms with van der Waals surface area (Å²) in [5.74, 6) is 0.0196. The van der Waals surface area contributed by atoms with Crippen LogP contribution in [0.2, 0.25) is 0 Å². The van der Waals surface area contributed by atoms with Crippen LogP contribution in [0.3, 0.4) is 0 Å². The molecule has 4 rings (SSSR count). The third kappa shape index (κ3) is 4.33. The van der Waals surface area contributed by atoms with E-state index in [1.165, 1.54) is 6.07 Å². The molecular formula is C25H23N3O3S. The molecule has 7 heteroatoms.